The molecule has 0 bridgehead atoms. The summed E-state index contributed by atoms with van der Waals surface area (Å²) in [6.07, 6.45) is 0.726. The molecule has 6 heteroatoms. The average Bonchev–Trinajstić information content (AvgIpc) is 2.65. The van der Waals surface area contributed by atoms with Crippen LogP contribution in [0.5, 0.6) is 11.5 Å². The van der Waals surface area contributed by atoms with Crippen LogP contribution in [0.1, 0.15) is 12.5 Å². The molecule has 3 aromatic rings. The van der Waals surface area contributed by atoms with Gasteiger partial charge < -0.3 is 19.2 Å². The third-order valence-electron chi connectivity index (χ3n) is 3.93. The normalized spacial score (nSPS) is 10.5. The molecule has 0 aliphatic heterocycles. The summed E-state index contributed by atoms with van der Waals surface area (Å²) in [5.41, 5.74) is 1.52. The van der Waals surface area contributed by atoms with Crippen molar-refractivity contribution in [2.45, 2.75) is 13.3 Å². The van der Waals surface area contributed by atoms with Crippen LogP contribution >= 0.6 is 0 Å². The maximum Gasteiger partial charge on any atom is 0.336 e. The number of rotatable bonds is 6. The third kappa shape index (κ3) is 3.85. The van der Waals surface area contributed by atoms with Gasteiger partial charge in [0.25, 0.3) is 5.91 Å². The molecule has 0 saturated heterocycles. The number of carbonyl (C=O) groups excluding carboxylic acids is 1. The van der Waals surface area contributed by atoms with Gasteiger partial charge in [-0.3, -0.25) is 4.79 Å². The second-order valence-electron chi connectivity index (χ2n) is 5.64. The molecule has 1 aromatic heterocycles. The van der Waals surface area contributed by atoms with E-state index in [1.54, 1.807) is 30.3 Å². The lowest BCUT2D eigenvalue weighted by Gasteiger charge is -2.11. The number of anilines is 1. The standard InChI is InChI=1S/C20H19NO5/c1-3-13-10-20(23)26-18-11-14(8-9-15(13)18)25-12-19(22)21-16-6-4-5-7-17(16)24-2/h4-11H,3,12H2,1-2H3,(H,21,22). The zero-order chi connectivity index (χ0) is 18.5. The molecule has 6 nitrogen and oxygen atoms in total. The van der Waals surface area contributed by atoms with Crippen LogP contribution in [0.15, 0.2) is 57.7 Å². The summed E-state index contributed by atoms with van der Waals surface area (Å²) in [5.74, 6) is 0.697. The molecule has 1 amide bonds. The van der Waals surface area contributed by atoms with E-state index in [4.69, 9.17) is 13.9 Å². The van der Waals surface area contributed by atoms with Crippen LogP contribution in [-0.2, 0) is 11.2 Å². The average molecular weight is 353 g/mol. The van der Waals surface area contributed by atoms with Gasteiger partial charge in [-0.1, -0.05) is 19.1 Å². The number of ether oxygens (including phenoxy) is 2. The van der Waals surface area contributed by atoms with Crippen LogP contribution < -0.4 is 20.4 Å². The van der Waals surface area contributed by atoms with Crippen molar-refractivity contribution < 1.29 is 18.7 Å². The number of benzene rings is 2. The molecule has 0 aliphatic carbocycles. The smallest absolute Gasteiger partial charge is 0.336 e. The number of para-hydroxylation sites is 2. The Kier molecular flexibility index (Phi) is 5.22. The Hall–Kier alpha value is -3.28. The number of aryl methyl sites for hydroxylation is 1. The highest BCUT2D eigenvalue weighted by Gasteiger charge is 2.09. The Bertz CT molecular complexity index is 993. The molecule has 0 radical (unpaired) electrons. The Morgan fingerprint density at radius 1 is 1.15 bits per heavy atom. The number of methoxy groups -OCH3 is 1. The van der Waals surface area contributed by atoms with Gasteiger partial charge in [-0.2, -0.15) is 0 Å². The van der Waals surface area contributed by atoms with Crippen molar-refractivity contribution in [3.05, 3.63) is 64.5 Å². The predicted molar refractivity (Wildman–Crippen MR) is 99.0 cm³/mol. The molecule has 0 unspecified atom stereocenters. The minimum absolute atomic E-state index is 0.179. The van der Waals surface area contributed by atoms with E-state index >= 15 is 0 Å². The molecule has 3 rings (SSSR count). The van der Waals surface area contributed by atoms with Gasteiger partial charge in [-0.25, -0.2) is 4.79 Å². The molecule has 0 fully saturated rings. The van der Waals surface area contributed by atoms with Crippen LogP contribution in [0.2, 0.25) is 0 Å². The van der Waals surface area contributed by atoms with Crippen molar-refractivity contribution >= 4 is 22.6 Å². The highest BCUT2D eigenvalue weighted by atomic mass is 16.5. The van der Waals surface area contributed by atoms with Crippen molar-refractivity contribution in [2.75, 3.05) is 19.0 Å². The van der Waals surface area contributed by atoms with Crippen molar-refractivity contribution in [1.29, 1.82) is 0 Å². The van der Waals surface area contributed by atoms with Crippen molar-refractivity contribution in [2.24, 2.45) is 0 Å². The zero-order valence-electron chi connectivity index (χ0n) is 14.6. The molecule has 0 saturated carbocycles. The summed E-state index contributed by atoms with van der Waals surface area (Å²) < 4.78 is 15.9. The van der Waals surface area contributed by atoms with Gasteiger partial charge in [0.15, 0.2) is 6.61 Å². The molecule has 0 aliphatic rings. The number of fused-ring (bicyclic) bond motifs is 1. The number of hydrogen-bond donors (Lipinski definition) is 1. The minimum atomic E-state index is -0.402. The van der Waals surface area contributed by atoms with E-state index in [9.17, 15) is 9.59 Å². The van der Waals surface area contributed by atoms with E-state index in [1.807, 2.05) is 19.1 Å². The molecular weight excluding hydrogens is 334 g/mol. The number of amides is 1. The second-order valence-corrected chi connectivity index (χ2v) is 5.64. The van der Waals surface area contributed by atoms with Crippen LogP contribution in [0, 0.1) is 0 Å². The predicted octanol–water partition coefficient (Wildman–Crippen LogP) is 3.38. The van der Waals surface area contributed by atoms with Gasteiger partial charge in [0.1, 0.15) is 17.1 Å². The van der Waals surface area contributed by atoms with Crippen LogP contribution in [0.25, 0.3) is 11.0 Å². The van der Waals surface area contributed by atoms with Gasteiger partial charge in [-0.15, -0.1) is 0 Å². The summed E-state index contributed by atoms with van der Waals surface area (Å²) in [6.45, 7) is 1.79. The molecule has 0 atom stereocenters. The highest BCUT2D eigenvalue weighted by Crippen LogP contribution is 2.24. The highest BCUT2D eigenvalue weighted by molar-refractivity contribution is 5.93. The van der Waals surface area contributed by atoms with Gasteiger partial charge in [0.05, 0.1) is 12.8 Å². The van der Waals surface area contributed by atoms with E-state index < -0.39 is 5.63 Å². The first kappa shape index (κ1) is 17.5. The number of carbonyl (C=O) groups is 1. The number of hydrogen-bond acceptors (Lipinski definition) is 5. The fourth-order valence-corrected chi connectivity index (χ4v) is 2.68. The van der Waals surface area contributed by atoms with Gasteiger partial charge in [-0.05, 0) is 36.2 Å². The fourth-order valence-electron chi connectivity index (χ4n) is 2.68. The van der Waals surface area contributed by atoms with E-state index in [1.165, 1.54) is 13.2 Å². The first-order valence-electron chi connectivity index (χ1n) is 8.23. The first-order valence-corrected chi connectivity index (χ1v) is 8.23. The minimum Gasteiger partial charge on any atom is -0.495 e. The lowest BCUT2D eigenvalue weighted by atomic mass is 10.1. The van der Waals surface area contributed by atoms with Crippen LogP contribution in [-0.4, -0.2) is 19.6 Å². The summed E-state index contributed by atoms with van der Waals surface area (Å²) in [4.78, 5) is 23.7. The summed E-state index contributed by atoms with van der Waals surface area (Å²) in [5, 5.41) is 3.59. The lowest BCUT2D eigenvalue weighted by molar-refractivity contribution is -0.118. The van der Waals surface area contributed by atoms with Gasteiger partial charge >= 0.3 is 5.63 Å². The zero-order valence-corrected chi connectivity index (χ0v) is 14.6. The van der Waals surface area contributed by atoms with Crippen molar-refractivity contribution in [1.82, 2.24) is 0 Å². The fraction of sp³-hybridized carbons (Fsp3) is 0.200. The quantitative estimate of drug-likeness (QED) is 0.688. The summed E-state index contributed by atoms with van der Waals surface area (Å²) >= 11 is 0. The molecule has 26 heavy (non-hydrogen) atoms. The Balaban J connectivity index is 1.71. The Labute approximate surface area is 150 Å². The maximum atomic E-state index is 12.1. The van der Waals surface area contributed by atoms with Crippen molar-refractivity contribution in [3.63, 3.8) is 0 Å². The molecule has 0 spiro atoms. The van der Waals surface area contributed by atoms with Crippen molar-refractivity contribution in [3.8, 4) is 11.5 Å². The largest absolute Gasteiger partial charge is 0.495 e. The summed E-state index contributed by atoms with van der Waals surface area (Å²) in [7, 11) is 1.54. The third-order valence-corrected chi connectivity index (χ3v) is 3.93. The van der Waals surface area contributed by atoms with Crippen LogP contribution in [0.4, 0.5) is 5.69 Å². The first-order chi connectivity index (χ1) is 12.6. The second kappa shape index (κ2) is 7.74. The number of nitrogens with one attached hydrogen (secondary N) is 1. The van der Waals surface area contributed by atoms with Crippen LogP contribution in [0.3, 0.4) is 0 Å². The Morgan fingerprint density at radius 2 is 1.96 bits per heavy atom. The van der Waals surface area contributed by atoms with E-state index in [-0.39, 0.29) is 12.5 Å². The van der Waals surface area contributed by atoms with E-state index in [0.29, 0.717) is 22.8 Å². The molecule has 134 valence electrons. The molecule has 1 heterocycles. The Morgan fingerprint density at radius 3 is 2.73 bits per heavy atom. The molecular formula is C20H19NO5. The maximum absolute atomic E-state index is 12.1. The van der Waals surface area contributed by atoms with E-state index in [2.05, 4.69) is 5.32 Å². The van der Waals surface area contributed by atoms with E-state index in [0.717, 1.165) is 17.4 Å². The lowest BCUT2D eigenvalue weighted by Crippen LogP contribution is -2.20. The SMILES string of the molecule is CCc1cc(=O)oc2cc(OCC(=O)Nc3ccccc3OC)ccc12. The van der Waals surface area contributed by atoms with Gasteiger partial charge in [0, 0.05) is 17.5 Å². The monoisotopic (exact) mass is 353 g/mol. The topological polar surface area (TPSA) is 77.8 Å². The summed E-state index contributed by atoms with van der Waals surface area (Å²) in [6, 6.07) is 13.8. The molecule has 1 N–H and O–H groups in total. The van der Waals surface area contributed by atoms with Gasteiger partial charge in [0.2, 0.25) is 0 Å². The molecule has 2 aromatic carbocycles.